The van der Waals surface area contributed by atoms with E-state index in [2.05, 4.69) is 22.1 Å². The van der Waals surface area contributed by atoms with Gasteiger partial charge in [0.1, 0.15) is 5.75 Å². The maximum absolute atomic E-state index is 12.5. The van der Waals surface area contributed by atoms with Gasteiger partial charge >= 0.3 is 0 Å². The molecule has 1 amide bonds. The zero-order valence-electron chi connectivity index (χ0n) is 14.4. The van der Waals surface area contributed by atoms with Crippen LogP contribution in [0.4, 0.5) is 5.13 Å². The zero-order valence-corrected chi connectivity index (χ0v) is 16.0. The van der Waals surface area contributed by atoms with Crippen LogP contribution < -0.4 is 10.1 Å². The molecule has 0 radical (unpaired) electrons. The second kappa shape index (κ2) is 8.17. The fourth-order valence-corrected chi connectivity index (χ4v) is 4.06. The summed E-state index contributed by atoms with van der Waals surface area (Å²) in [5.41, 5.74) is 0.399. The molecule has 0 saturated carbocycles. The van der Waals surface area contributed by atoms with Gasteiger partial charge in [0.15, 0.2) is 5.13 Å². The molecular formula is C18H22ClN3O2S. The van der Waals surface area contributed by atoms with Gasteiger partial charge in [0, 0.05) is 28.7 Å². The number of aromatic nitrogens is 1. The van der Waals surface area contributed by atoms with E-state index in [4.69, 9.17) is 16.3 Å². The maximum Gasteiger partial charge on any atom is 0.261 e. The molecule has 1 unspecified atom stereocenters. The molecule has 1 aliphatic heterocycles. The highest BCUT2D eigenvalue weighted by Gasteiger charge is 2.20. The van der Waals surface area contributed by atoms with Crippen LogP contribution in [-0.4, -0.2) is 35.5 Å². The molecule has 1 saturated heterocycles. The molecule has 2 aromatic rings. The van der Waals surface area contributed by atoms with Gasteiger partial charge in [-0.1, -0.05) is 18.0 Å². The predicted octanol–water partition coefficient (Wildman–Crippen LogP) is 4.43. The Bertz CT molecular complexity index is 750. The van der Waals surface area contributed by atoms with E-state index >= 15 is 0 Å². The van der Waals surface area contributed by atoms with Crippen molar-refractivity contribution in [3.63, 3.8) is 0 Å². The summed E-state index contributed by atoms with van der Waals surface area (Å²) in [6, 6.07) is 5.57. The van der Waals surface area contributed by atoms with Crippen molar-refractivity contribution in [2.24, 2.45) is 0 Å². The Kier molecular flexibility index (Phi) is 5.93. The number of piperidine rings is 1. The van der Waals surface area contributed by atoms with Crippen molar-refractivity contribution in [3.8, 4) is 5.75 Å². The minimum atomic E-state index is -0.272. The summed E-state index contributed by atoms with van der Waals surface area (Å²) in [6.07, 6.45) is 5.65. The number of amides is 1. The topological polar surface area (TPSA) is 54.5 Å². The number of thiazole rings is 1. The smallest absolute Gasteiger partial charge is 0.261 e. The number of nitrogens with zero attached hydrogens (tertiary/aromatic N) is 2. The molecule has 1 atom stereocenters. The van der Waals surface area contributed by atoms with Gasteiger partial charge in [-0.2, -0.15) is 0 Å². The summed E-state index contributed by atoms with van der Waals surface area (Å²) in [5.74, 6) is 0.215. The van der Waals surface area contributed by atoms with Crippen molar-refractivity contribution in [1.29, 1.82) is 0 Å². The predicted molar refractivity (Wildman–Crippen MR) is 102 cm³/mol. The largest absolute Gasteiger partial charge is 0.496 e. The molecule has 3 rings (SSSR count). The molecule has 0 aliphatic carbocycles. The van der Waals surface area contributed by atoms with Crippen molar-refractivity contribution in [1.82, 2.24) is 9.88 Å². The van der Waals surface area contributed by atoms with Gasteiger partial charge in [0.25, 0.3) is 5.91 Å². The minimum Gasteiger partial charge on any atom is -0.496 e. The molecule has 134 valence electrons. The van der Waals surface area contributed by atoms with E-state index < -0.39 is 0 Å². The summed E-state index contributed by atoms with van der Waals surface area (Å²) >= 11 is 7.50. The lowest BCUT2D eigenvalue weighted by Gasteiger charge is -2.32. The fraction of sp³-hybridized carbons (Fsp3) is 0.444. The van der Waals surface area contributed by atoms with Crippen LogP contribution >= 0.6 is 22.9 Å². The second-order valence-electron chi connectivity index (χ2n) is 6.25. The Hall–Kier alpha value is -1.63. The summed E-state index contributed by atoms with van der Waals surface area (Å²) in [7, 11) is 1.53. The lowest BCUT2D eigenvalue weighted by atomic mass is 10.0. The normalized spacial score (nSPS) is 18.1. The van der Waals surface area contributed by atoms with E-state index in [0.29, 0.717) is 27.5 Å². The number of methoxy groups -OCH3 is 1. The van der Waals surface area contributed by atoms with E-state index in [1.54, 1.807) is 18.2 Å². The number of benzene rings is 1. The van der Waals surface area contributed by atoms with Crippen LogP contribution in [0.3, 0.4) is 0 Å². The number of halogens is 1. The van der Waals surface area contributed by atoms with Crippen LogP contribution in [0.15, 0.2) is 24.4 Å². The molecule has 1 aliphatic rings. The van der Waals surface area contributed by atoms with Crippen molar-refractivity contribution in [3.05, 3.63) is 39.9 Å². The number of carbonyl (C=O) groups is 1. The van der Waals surface area contributed by atoms with Gasteiger partial charge in [-0.05, 0) is 44.5 Å². The molecule has 1 fully saturated rings. The Morgan fingerprint density at radius 2 is 2.32 bits per heavy atom. The van der Waals surface area contributed by atoms with Crippen LogP contribution in [0.2, 0.25) is 5.02 Å². The number of carbonyl (C=O) groups excluding carboxylic acids is 1. The number of nitrogens with one attached hydrogen (secondary N) is 1. The van der Waals surface area contributed by atoms with E-state index in [-0.39, 0.29) is 5.91 Å². The molecule has 7 heteroatoms. The minimum absolute atomic E-state index is 0.272. The number of likely N-dealkylation sites (tertiary alicyclic amines) is 1. The van der Waals surface area contributed by atoms with E-state index in [0.717, 1.165) is 18.0 Å². The van der Waals surface area contributed by atoms with Crippen LogP contribution in [0, 0.1) is 0 Å². The molecule has 2 heterocycles. The molecular weight excluding hydrogens is 358 g/mol. The average Bonchev–Trinajstić information content (AvgIpc) is 3.04. The third-order valence-corrected chi connectivity index (χ3v) is 5.61. The molecule has 5 nitrogen and oxygen atoms in total. The lowest BCUT2D eigenvalue weighted by Crippen LogP contribution is -2.36. The van der Waals surface area contributed by atoms with Crippen LogP contribution in [0.1, 0.15) is 41.4 Å². The summed E-state index contributed by atoms with van der Waals surface area (Å²) in [4.78, 5) is 20.5. The third kappa shape index (κ3) is 4.51. The van der Waals surface area contributed by atoms with Crippen LogP contribution in [0.5, 0.6) is 5.75 Å². The van der Waals surface area contributed by atoms with Gasteiger partial charge in [-0.25, -0.2) is 4.98 Å². The lowest BCUT2D eigenvalue weighted by molar-refractivity contribution is 0.102. The van der Waals surface area contributed by atoms with Crippen molar-refractivity contribution >= 4 is 34.0 Å². The highest BCUT2D eigenvalue weighted by atomic mass is 35.5. The van der Waals surface area contributed by atoms with Gasteiger partial charge in [-0.15, -0.1) is 11.3 Å². The summed E-state index contributed by atoms with van der Waals surface area (Å²) in [5, 5.41) is 3.92. The van der Waals surface area contributed by atoms with Crippen molar-refractivity contribution in [2.45, 2.75) is 38.8 Å². The molecule has 1 aromatic heterocycles. The first-order valence-electron chi connectivity index (χ1n) is 8.40. The summed E-state index contributed by atoms with van der Waals surface area (Å²) in [6.45, 7) is 4.28. The SMILES string of the molecule is COc1ccc(Cl)cc1C(=O)Nc1ncc(CN2CCCCC2C)s1. The van der Waals surface area contributed by atoms with E-state index in [9.17, 15) is 4.79 Å². The Balaban J connectivity index is 1.67. The van der Waals surface area contributed by atoms with Crippen molar-refractivity contribution in [2.75, 3.05) is 19.0 Å². The average molecular weight is 380 g/mol. The first kappa shape index (κ1) is 18.2. The maximum atomic E-state index is 12.5. The van der Waals surface area contributed by atoms with Gasteiger partial charge in [-0.3, -0.25) is 15.0 Å². The third-order valence-electron chi connectivity index (χ3n) is 4.48. The number of rotatable bonds is 5. The highest BCUT2D eigenvalue weighted by Crippen LogP contribution is 2.27. The van der Waals surface area contributed by atoms with Gasteiger partial charge < -0.3 is 4.74 Å². The Morgan fingerprint density at radius 1 is 1.48 bits per heavy atom. The first-order valence-corrected chi connectivity index (χ1v) is 9.60. The molecule has 1 aromatic carbocycles. The quantitative estimate of drug-likeness (QED) is 0.834. The number of anilines is 1. The monoisotopic (exact) mass is 379 g/mol. The Morgan fingerprint density at radius 3 is 3.08 bits per heavy atom. The van der Waals surface area contributed by atoms with Crippen LogP contribution in [-0.2, 0) is 6.54 Å². The molecule has 25 heavy (non-hydrogen) atoms. The highest BCUT2D eigenvalue weighted by molar-refractivity contribution is 7.15. The molecule has 0 spiro atoms. The summed E-state index contributed by atoms with van der Waals surface area (Å²) < 4.78 is 5.23. The molecule has 0 bridgehead atoms. The van der Waals surface area contributed by atoms with Crippen molar-refractivity contribution < 1.29 is 9.53 Å². The molecule has 1 N–H and O–H groups in total. The number of hydrogen-bond acceptors (Lipinski definition) is 5. The zero-order chi connectivity index (χ0) is 17.8. The fourth-order valence-electron chi connectivity index (χ4n) is 3.05. The number of hydrogen-bond donors (Lipinski definition) is 1. The van der Waals surface area contributed by atoms with E-state index in [1.807, 2.05) is 6.20 Å². The van der Waals surface area contributed by atoms with E-state index in [1.165, 1.54) is 37.7 Å². The Labute approximate surface area is 157 Å². The first-order chi connectivity index (χ1) is 12.1. The van der Waals surface area contributed by atoms with Gasteiger partial charge in [0.05, 0.1) is 12.7 Å². The second-order valence-corrected chi connectivity index (χ2v) is 7.80. The van der Waals surface area contributed by atoms with Crippen LogP contribution in [0.25, 0.3) is 0 Å². The standard InChI is InChI=1S/C18H22ClN3O2S/c1-12-5-3-4-8-22(12)11-14-10-20-18(25-14)21-17(23)15-9-13(19)6-7-16(15)24-2/h6-7,9-10,12H,3-5,8,11H2,1-2H3,(H,20,21,23). The number of ether oxygens (including phenoxy) is 1. The van der Waals surface area contributed by atoms with Gasteiger partial charge in [0.2, 0.25) is 0 Å².